The number of carbonyl (C=O) groups excluding carboxylic acids is 2. The Morgan fingerprint density at radius 2 is 0.800 bits per heavy atom. The zero-order valence-electron chi connectivity index (χ0n) is 21.0. The van der Waals surface area contributed by atoms with Crippen LogP contribution in [0.25, 0.3) is 0 Å². The molecule has 2 aromatic carbocycles. The van der Waals surface area contributed by atoms with E-state index in [1.54, 1.807) is 0 Å². The van der Waals surface area contributed by atoms with Crippen molar-refractivity contribution in [3.63, 3.8) is 0 Å². The smallest absolute Gasteiger partial charge is 0.243 e. The van der Waals surface area contributed by atoms with E-state index < -0.39 is 0 Å². The molecule has 0 fully saturated rings. The van der Waals surface area contributed by atoms with Crippen LogP contribution in [0.2, 0.25) is 0 Å². The first kappa shape index (κ1) is 28.5. The quantitative estimate of drug-likeness (QED) is 0.166. The van der Waals surface area contributed by atoms with Crippen LogP contribution in [0.15, 0.2) is 60.7 Å². The Morgan fingerprint density at radius 1 is 0.486 bits per heavy atom. The summed E-state index contributed by atoms with van der Waals surface area (Å²) in [5.41, 5.74) is 7.13. The highest BCUT2D eigenvalue weighted by Gasteiger charge is 2.03. The molecule has 0 radical (unpaired) electrons. The molecule has 2 N–H and O–H groups in total. The first-order valence-corrected chi connectivity index (χ1v) is 13.1. The van der Waals surface area contributed by atoms with E-state index in [2.05, 4.69) is 11.0 Å². The zero-order valence-corrected chi connectivity index (χ0v) is 21.0. The van der Waals surface area contributed by atoms with Crippen LogP contribution in [-0.4, -0.2) is 11.8 Å². The molecule has 6 heteroatoms. The van der Waals surface area contributed by atoms with E-state index in [0.717, 1.165) is 36.8 Å². The van der Waals surface area contributed by atoms with Crippen LogP contribution in [0.3, 0.4) is 0 Å². The lowest BCUT2D eigenvalue weighted by Gasteiger charge is -2.06. The summed E-state index contributed by atoms with van der Waals surface area (Å²) in [5.74, 6) is -0.0868. The van der Waals surface area contributed by atoms with Crippen molar-refractivity contribution >= 4 is 11.8 Å². The first-order chi connectivity index (χ1) is 17.2. The normalized spacial score (nSPS) is 10.7. The minimum absolute atomic E-state index is 0.0434. The molecule has 2 amide bonds. The lowest BCUT2D eigenvalue weighted by Crippen LogP contribution is -2.23. The second-order valence-electron chi connectivity index (χ2n) is 8.99. The van der Waals surface area contributed by atoms with Crippen molar-refractivity contribution in [3.8, 4) is 0 Å². The number of benzene rings is 2. The molecule has 2 rings (SSSR count). The lowest BCUT2D eigenvalue weighted by atomic mass is 10.0. The minimum atomic E-state index is -0.0434. The molecule has 192 valence electrons. The lowest BCUT2D eigenvalue weighted by molar-refractivity contribution is -0.135. The molecule has 0 aliphatic heterocycles. The maximum absolute atomic E-state index is 11.8. The van der Waals surface area contributed by atoms with Gasteiger partial charge in [0.25, 0.3) is 0 Å². The average molecular weight is 483 g/mol. The summed E-state index contributed by atoms with van der Waals surface area (Å²) in [5, 5.41) is 0. The van der Waals surface area contributed by atoms with Crippen LogP contribution < -0.4 is 11.0 Å². The highest BCUT2D eigenvalue weighted by molar-refractivity contribution is 5.74. The predicted octanol–water partition coefficient (Wildman–Crippen LogP) is 6.55. The standard InChI is InChI=1S/C29H42N2O4/c32-28(30-34-24-26-18-12-10-13-19-26)22-16-8-6-4-2-1-3-5-7-9-17-23-29(33)31-35-25-27-20-14-11-15-21-27/h10-15,18-21H,1-9,16-17,22-25H2,(H,30,32)(H,31,33). The van der Waals surface area contributed by atoms with Crippen molar-refractivity contribution in [1.29, 1.82) is 0 Å². The van der Waals surface area contributed by atoms with Gasteiger partial charge in [-0.05, 0) is 24.0 Å². The number of carbonyl (C=O) groups is 2. The molecule has 35 heavy (non-hydrogen) atoms. The van der Waals surface area contributed by atoms with E-state index >= 15 is 0 Å². The maximum atomic E-state index is 11.8. The number of amides is 2. The summed E-state index contributed by atoms with van der Waals surface area (Å²) in [4.78, 5) is 34.1. The highest BCUT2D eigenvalue weighted by Crippen LogP contribution is 2.12. The van der Waals surface area contributed by atoms with Crippen LogP contribution in [0, 0.1) is 0 Å². The fraction of sp³-hybridized carbons (Fsp3) is 0.517. The molecule has 0 spiro atoms. The number of unbranched alkanes of at least 4 members (excludes halogenated alkanes) is 10. The van der Waals surface area contributed by atoms with Gasteiger partial charge in [-0.1, -0.05) is 118 Å². The van der Waals surface area contributed by atoms with Crippen LogP contribution in [0.4, 0.5) is 0 Å². The summed E-state index contributed by atoms with van der Waals surface area (Å²) in [6.45, 7) is 0.790. The fourth-order valence-corrected chi connectivity index (χ4v) is 3.81. The van der Waals surface area contributed by atoms with Crippen molar-refractivity contribution in [2.75, 3.05) is 0 Å². The number of hydrogen-bond donors (Lipinski definition) is 2. The van der Waals surface area contributed by atoms with E-state index in [0.29, 0.717) is 26.1 Å². The molecule has 0 aromatic heterocycles. The molecule has 0 unspecified atom stereocenters. The van der Waals surface area contributed by atoms with Gasteiger partial charge in [0.2, 0.25) is 11.8 Å². The van der Waals surface area contributed by atoms with Gasteiger partial charge in [0.15, 0.2) is 0 Å². The molecule has 0 aliphatic carbocycles. The molecule has 2 aromatic rings. The Labute approximate surface area is 210 Å². The Bertz CT molecular complexity index is 731. The number of hydroxylamine groups is 2. The third kappa shape index (κ3) is 15.8. The molecule has 0 bridgehead atoms. The van der Waals surface area contributed by atoms with Gasteiger partial charge in [-0.25, -0.2) is 11.0 Å². The van der Waals surface area contributed by atoms with Gasteiger partial charge in [0.05, 0.1) is 13.2 Å². The van der Waals surface area contributed by atoms with E-state index in [4.69, 9.17) is 9.68 Å². The topological polar surface area (TPSA) is 76.7 Å². The second-order valence-corrected chi connectivity index (χ2v) is 8.99. The largest absolute Gasteiger partial charge is 0.273 e. The van der Waals surface area contributed by atoms with Gasteiger partial charge in [-0.15, -0.1) is 0 Å². The van der Waals surface area contributed by atoms with E-state index in [-0.39, 0.29) is 11.8 Å². The summed E-state index contributed by atoms with van der Waals surface area (Å²) >= 11 is 0. The molecule has 0 saturated heterocycles. The molecule has 0 heterocycles. The Hall–Kier alpha value is -2.70. The van der Waals surface area contributed by atoms with Gasteiger partial charge in [-0.3, -0.25) is 19.3 Å². The molecule has 6 nitrogen and oxygen atoms in total. The predicted molar refractivity (Wildman–Crippen MR) is 139 cm³/mol. The Kier molecular flexibility index (Phi) is 16.0. The summed E-state index contributed by atoms with van der Waals surface area (Å²) < 4.78 is 0. The maximum Gasteiger partial charge on any atom is 0.243 e. The first-order valence-electron chi connectivity index (χ1n) is 13.1. The monoisotopic (exact) mass is 482 g/mol. The highest BCUT2D eigenvalue weighted by atomic mass is 16.7. The van der Waals surface area contributed by atoms with E-state index in [9.17, 15) is 9.59 Å². The van der Waals surface area contributed by atoms with Gasteiger partial charge in [0.1, 0.15) is 0 Å². The molecular weight excluding hydrogens is 440 g/mol. The minimum Gasteiger partial charge on any atom is -0.273 e. The van der Waals surface area contributed by atoms with Crippen molar-refractivity contribution in [1.82, 2.24) is 11.0 Å². The van der Waals surface area contributed by atoms with E-state index in [1.165, 1.54) is 44.9 Å². The SMILES string of the molecule is O=C(CCCCCCCCCCCCCC(=O)NOCc1ccccc1)NOCc1ccccc1. The number of hydrogen-bond acceptors (Lipinski definition) is 4. The van der Waals surface area contributed by atoms with Crippen molar-refractivity contribution in [3.05, 3.63) is 71.8 Å². The second kappa shape index (κ2) is 19.6. The third-order valence-electron chi connectivity index (χ3n) is 5.84. The van der Waals surface area contributed by atoms with Crippen LogP contribution in [0.5, 0.6) is 0 Å². The van der Waals surface area contributed by atoms with E-state index in [1.807, 2.05) is 60.7 Å². The van der Waals surface area contributed by atoms with Crippen molar-refractivity contribution in [2.24, 2.45) is 0 Å². The fourth-order valence-electron chi connectivity index (χ4n) is 3.81. The van der Waals surface area contributed by atoms with Crippen LogP contribution >= 0.6 is 0 Å². The van der Waals surface area contributed by atoms with Crippen molar-refractivity contribution < 1.29 is 19.3 Å². The Morgan fingerprint density at radius 3 is 1.14 bits per heavy atom. The van der Waals surface area contributed by atoms with Gasteiger partial charge in [0, 0.05) is 12.8 Å². The van der Waals surface area contributed by atoms with Crippen molar-refractivity contribution in [2.45, 2.75) is 96.7 Å². The van der Waals surface area contributed by atoms with Crippen LogP contribution in [-0.2, 0) is 32.5 Å². The summed E-state index contributed by atoms with van der Waals surface area (Å²) in [7, 11) is 0. The van der Waals surface area contributed by atoms with Gasteiger partial charge >= 0.3 is 0 Å². The average Bonchev–Trinajstić information content (AvgIpc) is 2.88. The third-order valence-corrected chi connectivity index (χ3v) is 5.84. The summed E-state index contributed by atoms with van der Waals surface area (Å²) in [6.07, 6.45) is 13.6. The molecular formula is C29H42N2O4. The molecule has 0 aliphatic rings. The van der Waals surface area contributed by atoms with Gasteiger partial charge in [-0.2, -0.15) is 0 Å². The molecule has 0 saturated carbocycles. The van der Waals surface area contributed by atoms with Gasteiger partial charge < -0.3 is 0 Å². The Balaban J connectivity index is 1.27. The van der Waals surface area contributed by atoms with Crippen LogP contribution in [0.1, 0.15) is 94.6 Å². The summed E-state index contributed by atoms with van der Waals surface area (Å²) in [6, 6.07) is 19.6. The zero-order chi connectivity index (χ0) is 24.8. The molecule has 0 atom stereocenters. The number of nitrogens with one attached hydrogen (secondary N) is 2. The number of rotatable bonds is 20.